The summed E-state index contributed by atoms with van der Waals surface area (Å²) in [4.78, 5) is 4.20. The Morgan fingerprint density at radius 3 is 2.69 bits per heavy atom. The van der Waals surface area contributed by atoms with Crippen molar-refractivity contribution in [3.05, 3.63) is 41.4 Å². The maximum Gasteiger partial charge on any atom is 0.151 e. The van der Waals surface area contributed by atoms with Crippen LogP contribution < -0.4 is 0 Å². The van der Waals surface area contributed by atoms with E-state index in [4.69, 9.17) is 0 Å². The highest BCUT2D eigenvalue weighted by atomic mass is 32.2. The number of thiazole rings is 1. The molecule has 2 aromatic rings. The van der Waals surface area contributed by atoms with Gasteiger partial charge in [-0.25, -0.2) is 13.4 Å². The molecule has 0 fully saturated rings. The molecule has 0 unspecified atom stereocenters. The molecule has 16 heavy (non-hydrogen) atoms. The van der Waals surface area contributed by atoms with Gasteiger partial charge in [-0.3, -0.25) is 0 Å². The number of rotatable bonds is 3. The van der Waals surface area contributed by atoms with E-state index < -0.39 is 9.84 Å². The molecule has 1 heterocycles. The van der Waals surface area contributed by atoms with Gasteiger partial charge in [-0.15, -0.1) is 11.3 Å². The van der Waals surface area contributed by atoms with E-state index in [2.05, 4.69) is 4.98 Å². The fourth-order valence-corrected chi connectivity index (χ4v) is 3.01. The SMILES string of the molecule is CS(=O)(=O)Cc1ccccc1-c1nccs1. The number of sulfone groups is 1. The summed E-state index contributed by atoms with van der Waals surface area (Å²) in [5, 5.41) is 2.74. The highest BCUT2D eigenvalue weighted by Crippen LogP contribution is 2.26. The molecular weight excluding hydrogens is 242 g/mol. The first kappa shape index (κ1) is 11.3. The van der Waals surface area contributed by atoms with Gasteiger partial charge in [0.15, 0.2) is 9.84 Å². The molecule has 0 amide bonds. The van der Waals surface area contributed by atoms with Crippen LogP contribution in [0.15, 0.2) is 35.8 Å². The highest BCUT2D eigenvalue weighted by Gasteiger charge is 2.11. The highest BCUT2D eigenvalue weighted by molar-refractivity contribution is 7.89. The number of hydrogen-bond acceptors (Lipinski definition) is 4. The summed E-state index contributed by atoms with van der Waals surface area (Å²) in [6.45, 7) is 0. The van der Waals surface area contributed by atoms with Crippen molar-refractivity contribution in [1.29, 1.82) is 0 Å². The van der Waals surface area contributed by atoms with Gasteiger partial charge in [0.25, 0.3) is 0 Å². The zero-order valence-corrected chi connectivity index (χ0v) is 10.4. The molecular formula is C11H11NO2S2. The van der Waals surface area contributed by atoms with Gasteiger partial charge in [-0.1, -0.05) is 24.3 Å². The number of benzene rings is 1. The fourth-order valence-electron chi connectivity index (χ4n) is 1.49. The van der Waals surface area contributed by atoms with Crippen LogP contribution >= 0.6 is 11.3 Å². The van der Waals surface area contributed by atoms with Gasteiger partial charge < -0.3 is 0 Å². The lowest BCUT2D eigenvalue weighted by molar-refractivity contribution is 0.601. The van der Waals surface area contributed by atoms with Crippen molar-refractivity contribution >= 4 is 21.2 Å². The van der Waals surface area contributed by atoms with Gasteiger partial charge in [0.1, 0.15) is 5.01 Å². The summed E-state index contributed by atoms with van der Waals surface area (Å²) in [5.74, 6) is 0.0583. The van der Waals surface area contributed by atoms with Gasteiger partial charge in [0.05, 0.1) is 5.75 Å². The number of aromatic nitrogens is 1. The van der Waals surface area contributed by atoms with E-state index in [9.17, 15) is 8.42 Å². The Kier molecular flexibility index (Phi) is 3.07. The Morgan fingerprint density at radius 1 is 1.31 bits per heavy atom. The second-order valence-electron chi connectivity index (χ2n) is 3.56. The third-order valence-corrected chi connectivity index (χ3v) is 3.74. The van der Waals surface area contributed by atoms with Crippen molar-refractivity contribution in [2.24, 2.45) is 0 Å². The first-order valence-electron chi connectivity index (χ1n) is 4.72. The molecule has 0 N–H and O–H groups in total. The average molecular weight is 253 g/mol. The van der Waals surface area contributed by atoms with Crippen molar-refractivity contribution in [3.63, 3.8) is 0 Å². The lowest BCUT2D eigenvalue weighted by Crippen LogP contribution is -2.02. The van der Waals surface area contributed by atoms with E-state index in [1.54, 1.807) is 6.20 Å². The second-order valence-corrected chi connectivity index (χ2v) is 6.60. The van der Waals surface area contributed by atoms with Crippen LogP contribution in [0.2, 0.25) is 0 Å². The van der Waals surface area contributed by atoms with Crippen LogP contribution in [0.1, 0.15) is 5.56 Å². The molecule has 1 aromatic carbocycles. The van der Waals surface area contributed by atoms with Gasteiger partial charge in [-0.2, -0.15) is 0 Å². The Bertz CT molecular complexity index is 574. The summed E-state index contributed by atoms with van der Waals surface area (Å²) in [7, 11) is -3.01. The third-order valence-electron chi connectivity index (χ3n) is 2.10. The topological polar surface area (TPSA) is 47.0 Å². The third kappa shape index (κ3) is 2.68. The fraction of sp³-hybridized carbons (Fsp3) is 0.182. The molecule has 5 heteroatoms. The maximum absolute atomic E-state index is 11.3. The molecule has 0 atom stereocenters. The minimum absolute atomic E-state index is 0.0583. The summed E-state index contributed by atoms with van der Waals surface area (Å²) in [5.41, 5.74) is 1.71. The predicted molar refractivity (Wildman–Crippen MR) is 66.1 cm³/mol. The van der Waals surface area contributed by atoms with Crippen LogP contribution in [0.25, 0.3) is 10.6 Å². The molecule has 0 saturated carbocycles. The molecule has 0 aliphatic rings. The summed E-state index contributed by atoms with van der Waals surface area (Å²) < 4.78 is 22.6. The molecule has 0 aliphatic heterocycles. The molecule has 0 aliphatic carbocycles. The molecule has 0 bridgehead atoms. The number of hydrogen-bond donors (Lipinski definition) is 0. The zero-order valence-electron chi connectivity index (χ0n) is 8.75. The Labute approximate surface area is 98.7 Å². The van der Waals surface area contributed by atoms with Crippen molar-refractivity contribution in [3.8, 4) is 10.6 Å². The predicted octanol–water partition coefficient (Wildman–Crippen LogP) is 2.35. The Balaban J connectivity index is 2.47. The summed E-state index contributed by atoms with van der Waals surface area (Å²) in [6, 6.07) is 7.47. The van der Waals surface area contributed by atoms with E-state index in [0.29, 0.717) is 0 Å². The van der Waals surface area contributed by atoms with Gasteiger partial charge >= 0.3 is 0 Å². The number of nitrogens with zero attached hydrogens (tertiary/aromatic N) is 1. The normalized spacial score (nSPS) is 11.6. The lowest BCUT2D eigenvalue weighted by atomic mass is 10.1. The van der Waals surface area contributed by atoms with Crippen molar-refractivity contribution in [2.45, 2.75) is 5.75 Å². The van der Waals surface area contributed by atoms with E-state index in [1.165, 1.54) is 17.6 Å². The van der Waals surface area contributed by atoms with Crippen LogP contribution in [0, 0.1) is 0 Å². The van der Waals surface area contributed by atoms with Crippen molar-refractivity contribution in [1.82, 2.24) is 4.98 Å². The van der Waals surface area contributed by atoms with Crippen LogP contribution in [-0.4, -0.2) is 19.7 Å². The maximum atomic E-state index is 11.3. The minimum atomic E-state index is -3.01. The molecule has 84 valence electrons. The smallest absolute Gasteiger partial charge is 0.151 e. The first-order chi connectivity index (χ1) is 7.56. The van der Waals surface area contributed by atoms with Crippen LogP contribution in [-0.2, 0) is 15.6 Å². The van der Waals surface area contributed by atoms with Crippen molar-refractivity contribution < 1.29 is 8.42 Å². The lowest BCUT2D eigenvalue weighted by Gasteiger charge is -2.05. The van der Waals surface area contributed by atoms with Gasteiger partial charge in [0.2, 0.25) is 0 Å². The quantitative estimate of drug-likeness (QED) is 0.843. The summed E-state index contributed by atoms with van der Waals surface area (Å²) >= 11 is 1.51. The second kappa shape index (κ2) is 4.35. The zero-order chi connectivity index (χ0) is 11.6. The molecule has 3 nitrogen and oxygen atoms in total. The van der Waals surface area contributed by atoms with Crippen LogP contribution in [0.4, 0.5) is 0 Å². The van der Waals surface area contributed by atoms with Gasteiger partial charge in [0, 0.05) is 23.4 Å². The molecule has 1 aromatic heterocycles. The van der Waals surface area contributed by atoms with E-state index >= 15 is 0 Å². The van der Waals surface area contributed by atoms with Crippen LogP contribution in [0.5, 0.6) is 0 Å². The molecule has 2 rings (SSSR count). The molecule has 0 spiro atoms. The largest absolute Gasteiger partial charge is 0.245 e. The summed E-state index contributed by atoms with van der Waals surface area (Å²) in [6.07, 6.45) is 2.96. The van der Waals surface area contributed by atoms with E-state index in [0.717, 1.165) is 16.1 Å². The Hall–Kier alpha value is -1.20. The average Bonchev–Trinajstić information content (AvgIpc) is 2.69. The standard InChI is InChI=1S/C11H11NO2S2/c1-16(13,14)8-9-4-2-3-5-10(9)11-12-6-7-15-11/h2-7H,8H2,1H3. The first-order valence-corrected chi connectivity index (χ1v) is 7.66. The molecule has 0 radical (unpaired) electrons. The van der Waals surface area contributed by atoms with E-state index in [-0.39, 0.29) is 5.75 Å². The van der Waals surface area contributed by atoms with Crippen LogP contribution in [0.3, 0.4) is 0 Å². The van der Waals surface area contributed by atoms with E-state index in [1.807, 2.05) is 29.6 Å². The molecule has 0 saturated heterocycles. The van der Waals surface area contributed by atoms with Crippen molar-refractivity contribution in [2.75, 3.05) is 6.26 Å². The monoisotopic (exact) mass is 253 g/mol. The Morgan fingerprint density at radius 2 is 2.06 bits per heavy atom. The van der Waals surface area contributed by atoms with Gasteiger partial charge in [-0.05, 0) is 5.56 Å². The minimum Gasteiger partial charge on any atom is -0.245 e.